The summed E-state index contributed by atoms with van der Waals surface area (Å²) in [6.45, 7) is 5.11. The molecule has 0 radical (unpaired) electrons. The molecule has 0 amide bonds. The molecule has 1 aromatic carbocycles. The van der Waals surface area contributed by atoms with E-state index in [1.165, 1.54) is 13.3 Å². The van der Waals surface area contributed by atoms with E-state index < -0.39 is 16.5 Å². The summed E-state index contributed by atoms with van der Waals surface area (Å²) in [5, 5.41) is 8.39. The van der Waals surface area contributed by atoms with E-state index in [1.807, 2.05) is 0 Å². The number of esters is 1. The van der Waals surface area contributed by atoms with Crippen molar-refractivity contribution >= 4 is 77.3 Å². The molecule has 0 spiro atoms. The van der Waals surface area contributed by atoms with Gasteiger partial charge in [0.15, 0.2) is 0 Å². The van der Waals surface area contributed by atoms with Crippen LogP contribution in [0.4, 0.5) is 13.2 Å². The van der Waals surface area contributed by atoms with Gasteiger partial charge in [0.25, 0.3) is 0 Å². The number of ether oxygens (including phenoxy) is 1. The van der Waals surface area contributed by atoms with Crippen molar-refractivity contribution in [2.24, 2.45) is 0 Å². The number of hydrogen-bond donors (Lipinski definition) is 1. The molecule has 0 unspecified atom stereocenters. The monoisotopic (exact) mass is 645 g/mol. The van der Waals surface area contributed by atoms with E-state index in [9.17, 15) is 18.0 Å². The van der Waals surface area contributed by atoms with Crippen molar-refractivity contribution in [3.05, 3.63) is 49.2 Å². The first-order valence-electron chi connectivity index (χ1n) is 8.55. The predicted octanol–water partition coefficient (Wildman–Crippen LogP) is 6.90. The number of rotatable bonds is 2. The fourth-order valence-electron chi connectivity index (χ4n) is 2.57. The van der Waals surface area contributed by atoms with E-state index in [0.29, 0.717) is 35.8 Å². The molecule has 2 aromatic heterocycles. The molecule has 0 atom stereocenters. The van der Waals surface area contributed by atoms with Gasteiger partial charge < -0.3 is 9.30 Å². The molecule has 31 heavy (non-hydrogen) atoms. The lowest BCUT2D eigenvalue weighted by atomic mass is 10.1. The highest BCUT2D eigenvalue weighted by molar-refractivity contribution is 9.13. The molecular formula is C19H17Br3F3N3O2S. The summed E-state index contributed by atoms with van der Waals surface area (Å²) in [5.41, 5.74) is 0.928. The van der Waals surface area contributed by atoms with Gasteiger partial charge in [0, 0.05) is 9.86 Å². The van der Waals surface area contributed by atoms with Crippen LogP contribution in [-0.4, -0.2) is 32.6 Å². The van der Waals surface area contributed by atoms with Crippen LogP contribution in [-0.2, 0) is 15.7 Å². The lowest BCUT2D eigenvalue weighted by Crippen LogP contribution is -2.25. The van der Waals surface area contributed by atoms with Crippen LogP contribution in [0.25, 0.3) is 16.6 Å². The number of benzene rings is 1. The summed E-state index contributed by atoms with van der Waals surface area (Å²) >= 11 is 14.1. The number of nitrogens with zero attached hydrogens (tertiary/aromatic N) is 3. The number of halogens is 6. The lowest BCUT2D eigenvalue weighted by molar-refractivity contribution is -0.142. The summed E-state index contributed by atoms with van der Waals surface area (Å²) < 4.78 is 46.4. The maximum absolute atomic E-state index is 13.1. The molecule has 0 saturated carbocycles. The Morgan fingerprint density at radius 1 is 1.19 bits per heavy atom. The molecule has 0 aliphatic heterocycles. The second-order valence-electron chi connectivity index (χ2n) is 6.84. The molecule has 5 nitrogen and oxygen atoms in total. The number of carbonyl (C=O) groups is 1. The number of methoxy groups -OCH3 is 1. The number of alkyl halides is 3. The largest absolute Gasteiger partial charge is 0.468 e. The Bertz CT molecular complexity index is 1130. The number of aryl methyl sites for hydroxylation is 1. The zero-order valence-corrected chi connectivity index (χ0v) is 22.3. The molecule has 0 aliphatic rings. The van der Waals surface area contributed by atoms with Crippen molar-refractivity contribution in [3.8, 4) is 5.69 Å². The molecule has 0 saturated heterocycles. The molecule has 0 bridgehead atoms. The van der Waals surface area contributed by atoms with Gasteiger partial charge in [0.1, 0.15) is 9.35 Å². The Morgan fingerprint density at radius 2 is 1.81 bits per heavy atom. The summed E-state index contributed by atoms with van der Waals surface area (Å²) in [7, 11) is 1.35. The predicted molar refractivity (Wildman–Crippen MR) is 127 cm³/mol. The quantitative estimate of drug-likeness (QED) is 0.243. The minimum atomic E-state index is -4.43. The highest BCUT2D eigenvalue weighted by atomic mass is 79.9. The first-order valence-corrected chi connectivity index (χ1v) is 11.4. The van der Waals surface area contributed by atoms with Gasteiger partial charge in [-0.3, -0.25) is 4.79 Å². The second-order valence-corrected chi connectivity index (χ2v) is 10.4. The van der Waals surface area contributed by atoms with Crippen molar-refractivity contribution in [2.75, 3.05) is 7.11 Å². The standard InChI is InChI=1S/C14H7Br3F3N3.C5H10O2S/c1-6-9(2-3-21-22-6)23-10-5-7(14(18,19)20)4-8(15)11(10)12(16)13(23)17;1-5(2,8)4(6)7-3/h2-5H,1H3;8H,1-3H3. The molecular weight excluding hydrogens is 631 g/mol. The van der Waals surface area contributed by atoms with Crippen LogP contribution >= 0.6 is 60.4 Å². The van der Waals surface area contributed by atoms with Gasteiger partial charge in [-0.05, 0) is 70.8 Å². The molecule has 12 heteroatoms. The van der Waals surface area contributed by atoms with Gasteiger partial charge in [0.2, 0.25) is 0 Å². The third-order valence-electron chi connectivity index (χ3n) is 4.04. The van der Waals surface area contributed by atoms with Crippen molar-refractivity contribution in [1.82, 2.24) is 14.8 Å². The topological polar surface area (TPSA) is 57.0 Å². The van der Waals surface area contributed by atoms with Gasteiger partial charge in [-0.1, -0.05) is 15.9 Å². The number of fused-ring (bicyclic) bond motifs is 1. The number of thiol groups is 1. The first kappa shape index (κ1) is 26.1. The van der Waals surface area contributed by atoms with E-state index in [-0.39, 0.29) is 5.97 Å². The highest BCUT2D eigenvalue weighted by Gasteiger charge is 2.32. The van der Waals surface area contributed by atoms with Gasteiger partial charge in [-0.2, -0.15) is 36.0 Å². The fourth-order valence-corrected chi connectivity index (χ4v) is 4.75. The Kier molecular flexibility index (Phi) is 8.26. The van der Waals surface area contributed by atoms with Crippen LogP contribution < -0.4 is 0 Å². The zero-order chi connectivity index (χ0) is 23.7. The Balaban J connectivity index is 0.000000366. The average molecular weight is 648 g/mol. The van der Waals surface area contributed by atoms with Crippen molar-refractivity contribution < 1.29 is 22.7 Å². The van der Waals surface area contributed by atoms with E-state index >= 15 is 0 Å². The minimum absolute atomic E-state index is 0.305. The van der Waals surface area contributed by atoms with Crippen molar-refractivity contribution in [1.29, 1.82) is 0 Å². The Hall–Kier alpha value is -1.11. The van der Waals surface area contributed by atoms with Gasteiger partial charge in [-0.15, -0.1) is 0 Å². The fraction of sp³-hybridized carbons (Fsp3) is 0.316. The van der Waals surface area contributed by atoms with Gasteiger partial charge in [-0.25, -0.2) is 0 Å². The third kappa shape index (κ3) is 5.82. The maximum atomic E-state index is 13.1. The molecule has 2 heterocycles. The number of carbonyl (C=O) groups excluding carboxylic acids is 1. The van der Waals surface area contributed by atoms with E-state index in [2.05, 4.69) is 75.4 Å². The van der Waals surface area contributed by atoms with Gasteiger partial charge >= 0.3 is 12.1 Å². The van der Waals surface area contributed by atoms with Gasteiger partial charge in [0.05, 0.1) is 40.2 Å². The van der Waals surface area contributed by atoms with Crippen LogP contribution in [0.2, 0.25) is 0 Å². The number of aromatic nitrogens is 3. The van der Waals surface area contributed by atoms with Crippen molar-refractivity contribution in [2.45, 2.75) is 31.7 Å². The smallest absolute Gasteiger partial charge is 0.416 e. The summed E-state index contributed by atoms with van der Waals surface area (Å²) in [4.78, 5) is 10.5. The molecule has 3 aromatic rings. The van der Waals surface area contributed by atoms with E-state index in [1.54, 1.807) is 31.4 Å². The zero-order valence-electron chi connectivity index (χ0n) is 16.7. The minimum Gasteiger partial charge on any atom is -0.468 e. The second kappa shape index (κ2) is 9.80. The average Bonchev–Trinajstić information content (AvgIpc) is 2.91. The maximum Gasteiger partial charge on any atom is 0.416 e. The Labute approximate surface area is 207 Å². The SMILES string of the molecule is COC(=O)C(C)(C)S.Cc1nnccc1-n1c(Br)c(Br)c2c(Br)cc(C(F)(F)F)cc21. The van der Waals surface area contributed by atoms with E-state index in [0.717, 1.165) is 12.1 Å². The normalized spacial score (nSPS) is 11.8. The van der Waals surface area contributed by atoms with Crippen LogP contribution in [0.1, 0.15) is 25.1 Å². The lowest BCUT2D eigenvalue weighted by Gasteiger charge is -2.12. The molecule has 0 N–H and O–H groups in total. The summed E-state index contributed by atoms with van der Waals surface area (Å²) in [5.74, 6) is -0.305. The van der Waals surface area contributed by atoms with Crippen LogP contribution in [0.5, 0.6) is 0 Å². The third-order valence-corrected chi connectivity index (χ3v) is 6.90. The molecule has 0 fully saturated rings. The number of hydrogen-bond acceptors (Lipinski definition) is 5. The van der Waals surface area contributed by atoms with Crippen LogP contribution in [0.15, 0.2) is 37.9 Å². The molecule has 168 valence electrons. The molecule has 3 rings (SSSR count). The summed E-state index contributed by atoms with van der Waals surface area (Å²) in [6, 6.07) is 3.89. The molecule has 0 aliphatic carbocycles. The first-order chi connectivity index (χ1) is 14.2. The van der Waals surface area contributed by atoms with Crippen molar-refractivity contribution in [3.63, 3.8) is 0 Å². The van der Waals surface area contributed by atoms with Crippen LogP contribution in [0.3, 0.4) is 0 Å². The summed E-state index contributed by atoms with van der Waals surface area (Å²) in [6.07, 6.45) is -2.94. The van der Waals surface area contributed by atoms with E-state index in [4.69, 9.17) is 0 Å². The van der Waals surface area contributed by atoms with Crippen LogP contribution in [0, 0.1) is 6.92 Å². The highest BCUT2D eigenvalue weighted by Crippen LogP contribution is 2.44. The Morgan fingerprint density at radius 3 is 2.26 bits per heavy atom.